The molecule has 0 amide bonds. The van der Waals surface area contributed by atoms with Crippen LogP contribution < -0.4 is 15.5 Å². The van der Waals surface area contributed by atoms with Gasteiger partial charge in [-0.25, -0.2) is 0 Å². The van der Waals surface area contributed by atoms with Gasteiger partial charge in [-0.1, -0.05) is 0 Å². The zero-order valence-electron chi connectivity index (χ0n) is 12.2. The Morgan fingerprint density at radius 2 is 1.75 bits per heavy atom. The van der Waals surface area contributed by atoms with Gasteiger partial charge in [0.05, 0.1) is 18.8 Å². The molecule has 2 saturated heterocycles. The van der Waals surface area contributed by atoms with E-state index in [1.807, 2.05) is 0 Å². The van der Waals surface area contributed by atoms with Crippen molar-refractivity contribution in [3.05, 3.63) is 0 Å². The number of morpholine rings is 1. The van der Waals surface area contributed by atoms with Crippen molar-refractivity contribution in [1.29, 1.82) is 0 Å². The molecule has 0 unspecified atom stereocenters. The summed E-state index contributed by atoms with van der Waals surface area (Å²) in [5.74, 6) is 1.65. The van der Waals surface area contributed by atoms with E-state index in [0.717, 1.165) is 19.6 Å². The Kier molecular flexibility index (Phi) is 3.37. The zero-order chi connectivity index (χ0) is 14.2. The number of nitrogens with two attached hydrogens (primary N) is 1. The van der Waals surface area contributed by atoms with E-state index in [1.165, 1.54) is 12.8 Å². The number of ether oxygens (including phenoxy) is 1. The van der Waals surface area contributed by atoms with Crippen LogP contribution in [0.25, 0.3) is 0 Å². The van der Waals surface area contributed by atoms with Crippen LogP contribution in [-0.4, -0.2) is 53.3 Å². The molecule has 0 aliphatic carbocycles. The highest BCUT2D eigenvalue weighted by Gasteiger charge is 2.33. The smallest absolute Gasteiger partial charge is 0.232 e. The second-order valence-corrected chi connectivity index (χ2v) is 6.00. The molecule has 0 radical (unpaired) electrons. The van der Waals surface area contributed by atoms with E-state index in [-0.39, 0.29) is 5.54 Å². The molecular formula is C13H22N6O. The molecule has 2 N–H and O–H groups in total. The SMILES string of the molecule is CC1(C)COCCN1c1nc(N)nc(N2CCCC2)n1. The molecule has 2 fully saturated rings. The number of rotatable bonds is 2. The number of hydrogen-bond donors (Lipinski definition) is 1. The molecule has 0 bridgehead atoms. The van der Waals surface area contributed by atoms with Crippen LogP contribution >= 0.6 is 0 Å². The topological polar surface area (TPSA) is 80.4 Å². The van der Waals surface area contributed by atoms with Gasteiger partial charge in [-0.15, -0.1) is 0 Å². The van der Waals surface area contributed by atoms with Gasteiger partial charge in [-0.05, 0) is 26.7 Å². The van der Waals surface area contributed by atoms with Crippen LogP contribution in [0, 0.1) is 0 Å². The number of nitrogens with zero attached hydrogens (tertiary/aromatic N) is 5. The summed E-state index contributed by atoms with van der Waals surface area (Å²) in [5.41, 5.74) is 5.74. The molecule has 3 rings (SSSR count). The lowest BCUT2D eigenvalue weighted by Gasteiger charge is -2.42. The van der Waals surface area contributed by atoms with Gasteiger partial charge in [-0.2, -0.15) is 15.0 Å². The van der Waals surface area contributed by atoms with Crippen molar-refractivity contribution in [2.45, 2.75) is 32.2 Å². The third kappa shape index (κ3) is 2.49. The maximum absolute atomic E-state index is 5.88. The van der Waals surface area contributed by atoms with Gasteiger partial charge >= 0.3 is 0 Å². The summed E-state index contributed by atoms with van der Waals surface area (Å²) in [6.07, 6.45) is 2.37. The van der Waals surface area contributed by atoms with Crippen LogP contribution in [0.1, 0.15) is 26.7 Å². The van der Waals surface area contributed by atoms with Crippen molar-refractivity contribution in [1.82, 2.24) is 15.0 Å². The van der Waals surface area contributed by atoms with Crippen LogP contribution in [0.15, 0.2) is 0 Å². The minimum absolute atomic E-state index is 0.131. The summed E-state index contributed by atoms with van der Waals surface area (Å²) >= 11 is 0. The molecule has 3 heterocycles. The number of anilines is 3. The Hall–Kier alpha value is -1.63. The molecule has 1 aromatic heterocycles. The normalized spacial score (nSPS) is 22.3. The molecule has 0 saturated carbocycles. The molecule has 1 aromatic rings. The van der Waals surface area contributed by atoms with Gasteiger partial charge < -0.3 is 20.3 Å². The van der Waals surface area contributed by atoms with Gasteiger partial charge in [0.2, 0.25) is 17.8 Å². The van der Waals surface area contributed by atoms with Crippen LogP contribution in [0.5, 0.6) is 0 Å². The van der Waals surface area contributed by atoms with Crippen LogP contribution in [0.4, 0.5) is 17.8 Å². The Balaban J connectivity index is 1.92. The van der Waals surface area contributed by atoms with E-state index in [0.29, 0.717) is 31.1 Å². The fourth-order valence-corrected chi connectivity index (χ4v) is 2.78. The first-order valence-electron chi connectivity index (χ1n) is 7.18. The van der Waals surface area contributed by atoms with Crippen molar-refractivity contribution in [2.75, 3.05) is 48.4 Å². The predicted molar refractivity (Wildman–Crippen MR) is 77.9 cm³/mol. The molecule has 7 heteroatoms. The van der Waals surface area contributed by atoms with Gasteiger partial charge in [0.15, 0.2) is 0 Å². The van der Waals surface area contributed by atoms with Crippen LogP contribution in [0.3, 0.4) is 0 Å². The van der Waals surface area contributed by atoms with E-state index in [9.17, 15) is 0 Å². The average Bonchev–Trinajstić information content (AvgIpc) is 2.91. The first-order chi connectivity index (χ1) is 9.56. The predicted octanol–water partition coefficient (Wildman–Crippen LogP) is 0.669. The number of aromatic nitrogens is 3. The van der Waals surface area contributed by atoms with Crippen molar-refractivity contribution in [2.24, 2.45) is 0 Å². The summed E-state index contributed by atoms with van der Waals surface area (Å²) < 4.78 is 5.54. The van der Waals surface area contributed by atoms with E-state index in [1.54, 1.807) is 0 Å². The first kappa shape index (κ1) is 13.4. The minimum atomic E-state index is -0.131. The zero-order valence-corrected chi connectivity index (χ0v) is 12.2. The summed E-state index contributed by atoms with van der Waals surface area (Å²) in [6, 6.07) is 0. The lowest BCUT2D eigenvalue weighted by Crippen LogP contribution is -2.54. The van der Waals surface area contributed by atoms with Gasteiger partial charge in [-0.3, -0.25) is 0 Å². The summed E-state index contributed by atoms with van der Waals surface area (Å²) in [7, 11) is 0. The Morgan fingerprint density at radius 1 is 1.05 bits per heavy atom. The second-order valence-electron chi connectivity index (χ2n) is 6.00. The molecule has 110 valence electrons. The highest BCUT2D eigenvalue weighted by atomic mass is 16.5. The van der Waals surface area contributed by atoms with Gasteiger partial charge in [0.1, 0.15) is 0 Å². The van der Waals surface area contributed by atoms with Crippen molar-refractivity contribution < 1.29 is 4.74 Å². The highest BCUT2D eigenvalue weighted by Crippen LogP contribution is 2.26. The minimum Gasteiger partial charge on any atom is -0.377 e. The maximum atomic E-state index is 5.88. The Labute approximate surface area is 119 Å². The fourth-order valence-electron chi connectivity index (χ4n) is 2.78. The second kappa shape index (κ2) is 5.05. The lowest BCUT2D eigenvalue weighted by atomic mass is 10.0. The highest BCUT2D eigenvalue weighted by molar-refractivity contribution is 5.46. The quantitative estimate of drug-likeness (QED) is 0.851. The number of hydrogen-bond acceptors (Lipinski definition) is 7. The molecule has 0 atom stereocenters. The van der Waals surface area contributed by atoms with Crippen molar-refractivity contribution >= 4 is 17.8 Å². The van der Waals surface area contributed by atoms with E-state index >= 15 is 0 Å². The summed E-state index contributed by atoms with van der Waals surface area (Å²) in [4.78, 5) is 17.6. The third-order valence-electron chi connectivity index (χ3n) is 3.90. The standard InChI is InChI=1S/C13H22N6O/c1-13(2)9-20-8-7-19(13)12-16-10(14)15-11(17-12)18-5-3-4-6-18/h3-9H2,1-2H3,(H2,14,15,16,17). The molecular weight excluding hydrogens is 256 g/mol. The monoisotopic (exact) mass is 278 g/mol. The van der Waals surface area contributed by atoms with Crippen LogP contribution in [0.2, 0.25) is 0 Å². The Morgan fingerprint density at radius 3 is 2.45 bits per heavy atom. The van der Waals surface area contributed by atoms with Crippen LogP contribution in [-0.2, 0) is 4.74 Å². The van der Waals surface area contributed by atoms with Crippen molar-refractivity contribution in [3.63, 3.8) is 0 Å². The largest absolute Gasteiger partial charge is 0.377 e. The van der Waals surface area contributed by atoms with E-state index in [2.05, 4.69) is 38.6 Å². The third-order valence-corrected chi connectivity index (χ3v) is 3.90. The molecule has 0 aromatic carbocycles. The summed E-state index contributed by atoms with van der Waals surface area (Å²) in [5, 5.41) is 0. The summed E-state index contributed by atoms with van der Waals surface area (Å²) in [6.45, 7) is 8.37. The fraction of sp³-hybridized carbons (Fsp3) is 0.769. The van der Waals surface area contributed by atoms with Crippen molar-refractivity contribution in [3.8, 4) is 0 Å². The average molecular weight is 278 g/mol. The van der Waals surface area contributed by atoms with Gasteiger partial charge in [0.25, 0.3) is 0 Å². The van der Waals surface area contributed by atoms with E-state index in [4.69, 9.17) is 10.5 Å². The molecule has 2 aliphatic heterocycles. The molecule has 20 heavy (non-hydrogen) atoms. The maximum Gasteiger partial charge on any atom is 0.232 e. The lowest BCUT2D eigenvalue weighted by molar-refractivity contribution is 0.0634. The molecule has 0 spiro atoms. The molecule has 7 nitrogen and oxygen atoms in total. The first-order valence-corrected chi connectivity index (χ1v) is 7.18. The van der Waals surface area contributed by atoms with Gasteiger partial charge in [0, 0.05) is 19.6 Å². The molecule has 2 aliphatic rings. The number of nitrogen functional groups attached to an aromatic ring is 1. The van der Waals surface area contributed by atoms with E-state index < -0.39 is 0 Å². The Bertz CT molecular complexity index is 486.